The van der Waals surface area contributed by atoms with Crippen molar-refractivity contribution in [3.63, 3.8) is 0 Å². The summed E-state index contributed by atoms with van der Waals surface area (Å²) in [4.78, 5) is 13.0. The third kappa shape index (κ3) is 3.86. The molecule has 0 radical (unpaired) electrons. The summed E-state index contributed by atoms with van der Waals surface area (Å²) < 4.78 is 0. The van der Waals surface area contributed by atoms with Crippen molar-refractivity contribution in [3.8, 4) is 12.3 Å². The van der Waals surface area contributed by atoms with Gasteiger partial charge in [0.15, 0.2) is 0 Å². The Hall–Kier alpha value is -1.01. The van der Waals surface area contributed by atoms with Gasteiger partial charge in [-0.2, -0.15) is 0 Å². The van der Waals surface area contributed by atoms with Crippen LogP contribution in [-0.2, 0) is 4.79 Å². The van der Waals surface area contributed by atoms with Crippen LogP contribution < -0.4 is 0 Å². The van der Waals surface area contributed by atoms with E-state index >= 15 is 0 Å². The van der Waals surface area contributed by atoms with Gasteiger partial charge < -0.3 is 5.11 Å². The third-order valence-corrected chi connectivity index (χ3v) is 3.32. The highest BCUT2D eigenvalue weighted by molar-refractivity contribution is 5.69. The molecule has 3 nitrogen and oxygen atoms in total. The van der Waals surface area contributed by atoms with E-state index in [0.717, 1.165) is 12.8 Å². The molecule has 1 N–H and O–H groups in total. The van der Waals surface area contributed by atoms with Crippen LogP contribution in [0, 0.1) is 18.3 Å². The number of carboxylic acid groups (broad SMARTS) is 1. The van der Waals surface area contributed by atoms with Crippen molar-refractivity contribution in [3.05, 3.63) is 0 Å². The van der Waals surface area contributed by atoms with Crippen molar-refractivity contribution in [1.82, 2.24) is 4.90 Å². The van der Waals surface area contributed by atoms with E-state index in [0.29, 0.717) is 19.1 Å². The summed E-state index contributed by atoms with van der Waals surface area (Å²) in [6, 6.07) is 0.492. The van der Waals surface area contributed by atoms with Gasteiger partial charge in [-0.25, -0.2) is 0 Å². The standard InChI is InChI=1S/C13H21NO2/c1-3-9-14(10-11(2)13(15)16)12-7-5-4-6-8-12/h1,11-12H,4-10H2,2H3,(H,15,16). The van der Waals surface area contributed by atoms with Crippen LogP contribution >= 0.6 is 0 Å². The Balaban J connectivity index is 2.52. The lowest BCUT2D eigenvalue weighted by Crippen LogP contribution is -2.41. The fourth-order valence-corrected chi connectivity index (χ4v) is 2.34. The lowest BCUT2D eigenvalue weighted by molar-refractivity contribution is -0.141. The summed E-state index contributed by atoms with van der Waals surface area (Å²) in [6.45, 7) is 2.89. The molecule has 3 heteroatoms. The molecule has 1 atom stereocenters. The second-order valence-corrected chi connectivity index (χ2v) is 4.66. The second-order valence-electron chi connectivity index (χ2n) is 4.66. The highest BCUT2D eigenvalue weighted by Crippen LogP contribution is 2.23. The largest absolute Gasteiger partial charge is 0.481 e. The van der Waals surface area contributed by atoms with E-state index < -0.39 is 5.97 Å². The Morgan fingerprint density at radius 2 is 2.12 bits per heavy atom. The molecule has 0 aliphatic heterocycles. The van der Waals surface area contributed by atoms with E-state index in [-0.39, 0.29) is 5.92 Å². The van der Waals surface area contributed by atoms with Crippen LogP contribution in [0.15, 0.2) is 0 Å². The minimum absolute atomic E-state index is 0.338. The number of hydrogen-bond acceptors (Lipinski definition) is 2. The number of nitrogens with zero attached hydrogens (tertiary/aromatic N) is 1. The van der Waals surface area contributed by atoms with Gasteiger partial charge in [-0.15, -0.1) is 6.42 Å². The first-order chi connectivity index (χ1) is 7.65. The van der Waals surface area contributed by atoms with Crippen LogP contribution in [0.5, 0.6) is 0 Å². The number of carbonyl (C=O) groups is 1. The van der Waals surface area contributed by atoms with Gasteiger partial charge in [0.2, 0.25) is 0 Å². The zero-order valence-electron chi connectivity index (χ0n) is 9.98. The van der Waals surface area contributed by atoms with Gasteiger partial charge in [0.1, 0.15) is 0 Å². The van der Waals surface area contributed by atoms with Crippen molar-refractivity contribution in [2.75, 3.05) is 13.1 Å². The molecule has 1 unspecified atom stereocenters. The van der Waals surface area contributed by atoms with Crippen LogP contribution in [0.2, 0.25) is 0 Å². The molecule has 1 rings (SSSR count). The molecule has 0 heterocycles. The maximum absolute atomic E-state index is 10.8. The zero-order chi connectivity index (χ0) is 12.0. The molecule has 0 bridgehead atoms. The van der Waals surface area contributed by atoms with Gasteiger partial charge in [0.05, 0.1) is 12.5 Å². The topological polar surface area (TPSA) is 40.5 Å². The van der Waals surface area contributed by atoms with Gasteiger partial charge in [-0.05, 0) is 12.8 Å². The number of hydrogen-bond donors (Lipinski definition) is 1. The van der Waals surface area contributed by atoms with Gasteiger partial charge in [0.25, 0.3) is 0 Å². The molecule has 1 fully saturated rings. The monoisotopic (exact) mass is 223 g/mol. The quantitative estimate of drug-likeness (QED) is 0.724. The molecule has 0 amide bonds. The molecular formula is C13H21NO2. The lowest BCUT2D eigenvalue weighted by Gasteiger charge is -2.33. The summed E-state index contributed by atoms with van der Waals surface area (Å²) >= 11 is 0. The average molecular weight is 223 g/mol. The van der Waals surface area contributed by atoms with Crippen molar-refractivity contribution < 1.29 is 9.90 Å². The smallest absolute Gasteiger partial charge is 0.307 e. The number of carboxylic acids is 1. The van der Waals surface area contributed by atoms with Gasteiger partial charge in [0, 0.05) is 12.6 Å². The zero-order valence-corrected chi connectivity index (χ0v) is 9.98. The van der Waals surface area contributed by atoms with Crippen LogP contribution in [0.1, 0.15) is 39.0 Å². The molecule has 16 heavy (non-hydrogen) atoms. The van der Waals surface area contributed by atoms with Crippen molar-refractivity contribution in [2.45, 2.75) is 45.1 Å². The molecule has 90 valence electrons. The van der Waals surface area contributed by atoms with Gasteiger partial charge in [-0.3, -0.25) is 9.69 Å². The SMILES string of the molecule is C#CCN(CC(C)C(=O)O)C1CCCCC1. The van der Waals surface area contributed by atoms with E-state index in [1.165, 1.54) is 19.3 Å². The van der Waals surface area contributed by atoms with Crippen LogP contribution in [0.4, 0.5) is 0 Å². The van der Waals surface area contributed by atoms with E-state index in [9.17, 15) is 4.79 Å². The van der Waals surface area contributed by atoms with Crippen LogP contribution in [-0.4, -0.2) is 35.1 Å². The van der Waals surface area contributed by atoms with E-state index in [2.05, 4.69) is 10.8 Å². The summed E-state index contributed by atoms with van der Waals surface area (Å²) in [6.07, 6.45) is 11.5. The van der Waals surface area contributed by atoms with E-state index in [1.807, 2.05) is 0 Å². The van der Waals surface area contributed by atoms with Gasteiger partial charge >= 0.3 is 5.97 Å². The predicted molar refractivity (Wildman–Crippen MR) is 64.1 cm³/mol. The fourth-order valence-electron chi connectivity index (χ4n) is 2.34. The van der Waals surface area contributed by atoms with Crippen molar-refractivity contribution >= 4 is 5.97 Å². The molecule has 0 aromatic carbocycles. The second kappa shape index (κ2) is 6.55. The number of aliphatic carboxylic acids is 1. The highest BCUT2D eigenvalue weighted by atomic mass is 16.4. The summed E-state index contributed by atoms with van der Waals surface area (Å²) in [5.74, 6) is 1.57. The first-order valence-corrected chi connectivity index (χ1v) is 6.05. The summed E-state index contributed by atoms with van der Waals surface area (Å²) in [5.41, 5.74) is 0. The Morgan fingerprint density at radius 3 is 2.62 bits per heavy atom. The number of terminal acetylenes is 1. The number of rotatable bonds is 5. The lowest BCUT2D eigenvalue weighted by atomic mass is 9.93. The van der Waals surface area contributed by atoms with E-state index in [1.54, 1.807) is 6.92 Å². The minimum atomic E-state index is -0.738. The molecule has 0 aromatic heterocycles. The molecule has 1 saturated carbocycles. The van der Waals surface area contributed by atoms with E-state index in [4.69, 9.17) is 11.5 Å². The summed E-state index contributed by atoms with van der Waals surface area (Å²) in [5, 5.41) is 8.92. The Morgan fingerprint density at radius 1 is 1.50 bits per heavy atom. The van der Waals surface area contributed by atoms with Crippen LogP contribution in [0.25, 0.3) is 0 Å². The minimum Gasteiger partial charge on any atom is -0.481 e. The Kier molecular flexibility index (Phi) is 5.34. The molecule has 0 aromatic rings. The normalized spacial score (nSPS) is 19.3. The summed E-state index contributed by atoms with van der Waals surface area (Å²) in [7, 11) is 0. The predicted octanol–water partition coefficient (Wildman–Crippen LogP) is 1.97. The highest BCUT2D eigenvalue weighted by Gasteiger charge is 2.23. The first-order valence-electron chi connectivity index (χ1n) is 6.05. The average Bonchev–Trinajstić information content (AvgIpc) is 2.29. The fraction of sp³-hybridized carbons (Fsp3) is 0.769. The Bertz CT molecular complexity index is 264. The third-order valence-electron chi connectivity index (χ3n) is 3.32. The maximum atomic E-state index is 10.8. The van der Waals surface area contributed by atoms with Crippen molar-refractivity contribution in [2.24, 2.45) is 5.92 Å². The van der Waals surface area contributed by atoms with Gasteiger partial charge in [-0.1, -0.05) is 32.1 Å². The van der Waals surface area contributed by atoms with Crippen LogP contribution in [0.3, 0.4) is 0 Å². The maximum Gasteiger partial charge on any atom is 0.307 e. The molecule has 0 saturated heterocycles. The molecule has 1 aliphatic carbocycles. The molecular weight excluding hydrogens is 202 g/mol. The van der Waals surface area contributed by atoms with Crippen molar-refractivity contribution in [1.29, 1.82) is 0 Å². The Labute approximate surface area is 97.8 Å². The molecule has 1 aliphatic rings. The molecule has 0 spiro atoms. The first kappa shape index (κ1) is 13.1.